The van der Waals surface area contributed by atoms with E-state index in [1.807, 2.05) is 30.3 Å². The van der Waals surface area contributed by atoms with Crippen LogP contribution in [0.4, 0.5) is 5.13 Å². The standard InChI is InChI=1S/C26H21N3O5S3/c1-33-17-11-10-16(13-18(17)34-2)21-20(22(30)19-9-6-12-35-19)23(31)24(32)29(21)25-27-28-26(37-25)36-14-15-7-4-3-5-8-15/h3-13,21,31H,14H2,1-2H3. The zero-order valence-corrected chi connectivity index (χ0v) is 22.2. The zero-order valence-electron chi connectivity index (χ0n) is 19.8. The van der Waals surface area contributed by atoms with Crippen LogP contribution in [0.5, 0.6) is 11.5 Å². The van der Waals surface area contributed by atoms with E-state index in [1.165, 1.54) is 53.6 Å². The van der Waals surface area contributed by atoms with Gasteiger partial charge < -0.3 is 14.6 Å². The Morgan fingerprint density at radius 2 is 1.84 bits per heavy atom. The fourth-order valence-corrected chi connectivity index (χ4v) is 6.49. The molecule has 5 rings (SSSR count). The first kappa shape index (κ1) is 25.0. The maximum absolute atomic E-state index is 13.5. The van der Waals surface area contributed by atoms with Gasteiger partial charge in [-0.15, -0.1) is 21.5 Å². The molecule has 0 saturated carbocycles. The number of nitrogens with zero attached hydrogens (tertiary/aromatic N) is 3. The first-order valence-electron chi connectivity index (χ1n) is 11.1. The zero-order chi connectivity index (χ0) is 25.9. The quantitative estimate of drug-likeness (QED) is 0.161. The van der Waals surface area contributed by atoms with Crippen LogP contribution in [0.2, 0.25) is 0 Å². The summed E-state index contributed by atoms with van der Waals surface area (Å²) in [7, 11) is 3.03. The molecule has 4 aromatic rings. The summed E-state index contributed by atoms with van der Waals surface area (Å²) in [4.78, 5) is 28.6. The topological polar surface area (TPSA) is 102 Å². The second kappa shape index (κ2) is 10.8. The van der Waals surface area contributed by atoms with Crippen LogP contribution in [0.1, 0.15) is 26.8 Å². The lowest BCUT2D eigenvalue weighted by atomic mass is 9.95. The van der Waals surface area contributed by atoms with Crippen molar-refractivity contribution in [3.63, 3.8) is 0 Å². The molecule has 1 aliphatic heterocycles. The molecule has 0 spiro atoms. The van der Waals surface area contributed by atoms with Crippen LogP contribution in [0, 0.1) is 0 Å². The normalized spacial score (nSPS) is 15.4. The minimum absolute atomic E-state index is 0.0200. The third-order valence-electron chi connectivity index (χ3n) is 5.73. The maximum atomic E-state index is 13.5. The Balaban J connectivity index is 1.54. The van der Waals surface area contributed by atoms with Gasteiger partial charge in [0.2, 0.25) is 10.9 Å². The smallest absolute Gasteiger partial charge is 0.296 e. The van der Waals surface area contributed by atoms with E-state index in [1.54, 1.807) is 35.7 Å². The molecule has 0 bridgehead atoms. The van der Waals surface area contributed by atoms with Gasteiger partial charge in [-0.3, -0.25) is 14.5 Å². The number of carbonyl (C=O) groups excluding carboxylic acids is 2. The summed E-state index contributed by atoms with van der Waals surface area (Å²) in [5.41, 5.74) is 1.67. The predicted octanol–water partition coefficient (Wildman–Crippen LogP) is 5.69. The van der Waals surface area contributed by atoms with Gasteiger partial charge in [-0.05, 0) is 34.7 Å². The van der Waals surface area contributed by atoms with Crippen molar-refractivity contribution < 1.29 is 24.2 Å². The number of aromatic nitrogens is 2. The van der Waals surface area contributed by atoms with Gasteiger partial charge in [-0.1, -0.05) is 65.6 Å². The number of ketones is 1. The average Bonchev–Trinajstić information content (AvgIpc) is 3.68. The molecule has 188 valence electrons. The van der Waals surface area contributed by atoms with Gasteiger partial charge in [0.25, 0.3) is 5.91 Å². The molecule has 2 aromatic heterocycles. The van der Waals surface area contributed by atoms with E-state index in [9.17, 15) is 14.7 Å². The van der Waals surface area contributed by atoms with Crippen LogP contribution >= 0.6 is 34.4 Å². The van der Waals surface area contributed by atoms with Crippen LogP contribution in [0.3, 0.4) is 0 Å². The van der Waals surface area contributed by atoms with Crippen LogP contribution in [0.15, 0.2) is 81.7 Å². The Morgan fingerprint density at radius 1 is 1.05 bits per heavy atom. The molecule has 1 aliphatic rings. The van der Waals surface area contributed by atoms with Crippen molar-refractivity contribution in [1.82, 2.24) is 10.2 Å². The molecule has 1 unspecified atom stereocenters. The molecular formula is C26H21N3O5S3. The summed E-state index contributed by atoms with van der Waals surface area (Å²) in [5.74, 6) is -0.127. The number of hydrogen-bond acceptors (Lipinski definition) is 10. The number of benzene rings is 2. The number of Topliss-reactive ketones (excluding diaryl/α,β-unsaturated/α-hetero) is 1. The van der Waals surface area contributed by atoms with Crippen molar-refractivity contribution in [3.05, 3.63) is 93.4 Å². The number of aliphatic hydroxyl groups is 1. The fourth-order valence-electron chi connectivity index (χ4n) is 3.99. The Hall–Kier alpha value is -3.67. The highest BCUT2D eigenvalue weighted by molar-refractivity contribution is 8.00. The molecule has 0 radical (unpaired) electrons. The Morgan fingerprint density at radius 3 is 2.54 bits per heavy atom. The largest absolute Gasteiger partial charge is 0.503 e. The molecule has 37 heavy (non-hydrogen) atoms. The van der Waals surface area contributed by atoms with E-state index in [0.29, 0.717) is 32.0 Å². The number of amides is 1. The highest BCUT2D eigenvalue weighted by atomic mass is 32.2. The Labute approximate surface area is 225 Å². The number of carbonyl (C=O) groups is 2. The molecule has 0 fully saturated rings. The second-order valence-electron chi connectivity index (χ2n) is 7.89. The summed E-state index contributed by atoms with van der Waals surface area (Å²) in [6.45, 7) is 0. The van der Waals surface area contributed by atoms with Crippen LogP contribution in [-0.2, 0) is 10.5 Å². The summed E-state index contributed by atoms with van der Waals surface area (Å²) in [6, 6.07) is 17.5. The molecule has 8 nitrogen and oxygen atoms in total. The third-order valence-corrected chi connectivity index (χ3v) is 8.72. The predicted molar refractivity (Wildman–Crippen MR) is 144 cm³/mol. The number of rotatable bonds is 9. The summed E-state index contributed by atoms with van der Waals surface area (Å²) in [5, 5.41) is 21.5. The lowest BCUT2D eigenvalue weighted by molar-refractivity contribution is -0.117. The van der Waals surface area contributed by atoms with Gasteiger partial charge >= 0.3 is 0 Å². The summed E-state index contributed by atoms with van der Waals surface area (Å²) < 4.78 is 11.5. The number of ether oxygens (including phenoxy) is 2. The van der Waals surface area contributed by atoms with Crippen molar-refractivity contribution in [3.8, 4) is 11.5 Å². The number of methoxy groups -OCH3 is 2. The Kier molecular flexibility index (Phi) is 7.26. The molecule has 0 saturated heterocycles. The molecule has 1 amide bonds. The number of aliphatic hydroxyl groups excluding tert-OH is 1. The van der Waals surface area contributed by atoms with Crippen LogP contribution < -0.4 is 14.4 Å². The van der Waals surface area contributed by atoms with E-state index >= 15 is 0 Å². The highest BCUT2D eigenvalue weighted by Crippen LogP contribution is 2.45. The van der Waals surface area contributed by atoms with Crippen molar-refractivity contribution in [2.24, 2.45) is 0 Å². The monoisotopic (exact) mass is 551 g/mol. The van der Waals surface area contributed by atoms with E-state index in [4.69, 9.17) is 9.47 Å². The van der Waals surface area contributed by atoms with E-state index in [-0.39, 0.29) is 10.7 Å². The first-order valence-corrected chi connectivity index (χ1v) is 13.8. The van der Waals surface area contributed by atoms with Crippen LogP contribution in [0.25, 0.3) is 0 Å². The molecule has 0 aliphatic carbocycles. The maximum Gasteiger partial charge on any atom is 0.296 e. The number of thioether (sulfide) groups is 1. The van der Waals surface area contributed by atoms with E-state index in [2.05, 4.69) is 10.2 Å². The second-order valence-corrected chi connectivity index (χ2v) is 11.0. The third kappa shape index (κ3) is 4.85. The summed E-state index contributed by atoms with van der Waals surface area (Å²) in [6.07, 6.45) is 0. The van der Waals surface area contributed by atoms with Gasteiger partial charge in [0, 0.05) is 5.75 Å². The highest BCUT2D eigenvalue weighted by Gasteiger charge is 2.46. The average molecular weight is 552 g/mol. The van der Waals surface area contributed by atoms with Gasteiger partial charge in [0.1, 0.15) is 0 Å². The molecule has 1 N–H and O–H groups in total. The lowest BCUT2D eigenvalue weighted by Gasteiger charge is -2.24. The first-order chi connectivity index (χ1) is 18.0. The molecule has 1 atom stereocenters. The number of hydrogen-bond donors (Lipinski definition) is 1. The van der Waals surface area contributed by atoms with Gasteiger partial charge in [-0.2, -0.15) is 0 Å². The Bertz CT molecular complexity index is 1470. The lowest BCUT2D eigenvalue weighted by Crippen LogP contribution is -2.31. The van der Waals surface area contributed by atoms with Gasteiger partial charge in [0.15, 0.2) is 21.6 Å². The fraction of sp³-hybridized carbons (Fsp3) is 0.154. The summed E-state index contributed by atoms with van der Waals surface area (Å²) >= 11 is 3.96. The van der Waals surface area contributed by atoms with Crippen molar-refractivity contribution in [2.75, 3.05) is 19.1 Å². The molecule has 2 aromatic carbocycles. The van der Waals surface area contributed by atoms with Crippen LogP contribution in [-0.4, -0.2) is 41.2 Å². The van der Waals surface area contributed by atoms with Gasteiger partial charge in [-0.25, -0.2) is 0 Å². The van der Waals surface area contributed by atoms with Crippen molar-refractivity contribution in [2.45, 2.75) is 16.1 Å². The van der Waals surface area contributed by atoms with E-state index < -0.39 is 23.5 Å². The minimum atomic E-state index is -0.929. The minimum Gasteiger partial charge on any atom is -0.503 e. The number of thiophene rings is 1. The molecule has 3 heterocycles. The number of anilines is 1. The molecule has 11 heteroatoms. The SMILES string of the molecule is COc1ccc(C2C(C(=O)c3cccs3)=C(O)C(=O)N2c2nnc(SCc3ccccc3)s2)cc1OC. The molecular weight excluding hydrogens is 531 g/mol. The van der Waals surface area contributed by atoms with Crippen molar-refractivity contribution >= 4 is 51.3 Å². The van der Waals surface area contributed by atoms with Crippen molar-refractivity contribution in [1.29, 1.82) is 0 Å². The van der Waals surface area contributed by atoms with E-state index in [0.717, 1.165) is 5.56 Å². The van der Waals surface area contributed by atoms with Gasteiger partial charge in [0.05, 0.1) is 30.7 Å².